The first-order chi connectivity index (χ1) is 8.02. The molecule has 17 heavy (non-hydrogen) atoms. The first-order valence-corrected chi connectivity index (χ1v) is 6.08. The van der Waals surface area contributed by atoms with Crippen LogP contribution in [0.5, 0.6) is 0 Å². The maximum Gasteiger partial charge on any atom is 0.229 e. The molecule has 0 saturated heterocycles. The van der Waals surface area contributed by atoms with Crippen molar-refractivity contribution >= 4 is 5.91 Å². The van der Waals surface area contributed by atoms with Gasteiger partial charge in [0.1, 0.15) is 0 Å². The van der Waals surface area contributed by atoms with Crippen LogP contribution < -0.4 is 5.73 Å². The largest absolute Gasteiger partial charge is 0.345 e. The van der Waals surface area contributed by atoms with E-state index in [2.05, 4.69) is 0 Å². The predicted octanol–water partition coefficient (Wildman–Crippen LogP) is 1.99. The van der Waals surface area contributed by atoms with Crippen LogP contribution in [0.2, 0.25) is 0 Å². The monoisotopic (exact) mass is 234 g/mol. The molecule has 1 aromatic carbocycles. The minimum atomic E-state index is -0.0886. The molecule has 2 atom stereocenters. The highest BCUT2D eigenvalue weighted by atomic mass is 16.2. The fraction of sp³-hybridized carbons (Fsp3) is 0.500. The summed E-state index contributed by atoms with van der Waals surface area (Å²) in [5.74, 6) is 0.0612. The SMILES string of the molecule is CC(N)CCN(C)C(=O)C(C)c1ccccc1. The highest BCUT2D eigenvalue weighted by Crippen LogP contribution is 2.17. The minimum absolute atomic E-state index is 0.0886. The summed E-state index contributed by atoms with van der Waals surface area (Å²) in [4.78, 5) is 13.9. The van der Waals surface area contributed by atoms with Crippen LogP contribution >= 0.6 is 0 Å². The van der Waals surface area contributed by atoms with Crippen molar-refractivity contribution in [3.8, 4) is 0 Å². The van der Waals surface area contributed by atoms with Crippen LogP contribution in [-0.4, -0.2) is 30.4 Å². The maximum absolute atomic E-state index is 12.1. The van der Waals surface area contributed by atoms with Gasteiger partial charge in [-0.25, -0.2) is 0 Å². The number of nitrogens with two attached hydrogens (primary N) is 1. The van der Waals surface area contributed by atoms with E-state index in [1.165, 1.54) is 0 Å². The van der Waals surface area contributed by atoms with Crippen molar-refractivity contribution in [3.63, 3.8) is 0 Å². The topological polar surface area (TPSA) is 46.3 Å². The summed E-state index contributed by atoms with van der Waals surface area (Å²) < 4.78 is 0. The van der Waals surface area contributed by atoms with E-state index in [0.29, 0.717) is 6.54 Å². The van der Waals surface area contributed by atoms with Gasteiger partial charge in [0.2, 0.25) is 5.91 Å². The lowest BCUT2D eigenvalue weighted by atomic mass is 10.00. The number of hydrogen-bond acceptors (Lipinski definition) is 2. The third kappa shape index (κ3) is 4.19. The average Bonchev–Trinajstić information content (AvgIpc) is 2.35. The van der Waals surface area contributed by atoms with Gasteiger partial charge in [-0.1, -0.05) is 30.3 Å². The number of carbonyl (C=O) groups is 1. The van der Waals surface area contributed by atoms with Crippen molar-refractivity contribution in [2.24, 2.45) is 5.73 Å². The van der Waals surface area contributed by atoms with Gasteiger partial charge in [0.25, 0.3) is 0 Å². The normalized spacial score (nSPS) is 14.1. The third-order valence-electron chi connectivity index (χ3n) is 2.97. The minimum Gasteiger partial charge on any atom is -0.345 e. The van der Waals surface area contributed by atoms with E-state index in [9.17, 15) is 4.79 Å². The summed E-state index contributed by atoms with van der Waals surface area (Å²) >= 11 is 0. The van der Waals surface area contributed by atoms with Crippen LogP contribution in [0.3, 0.4) is 0 Å². The Hall–Kier alpha value is -1.35. The van der Waals surface area contributed by atoms with Crippen molar-refractivity contribution in [2.75, 3.05) is 13.6 Å². The molecule has 0 aromatic heterocycles. The number of rotatable bonds is 5. The second-order valence-electron chi connectivity index (χ2n) is 4.66. The lowest BCUT2D eigenvalue weighted by molar-refractivity contribution is -0.131. The summed E-state index contributed by atoms with van der Waals surface area (Å²) in [6.45, 7) is 4.62. The molecule has 3 nitrogen and oxygen atoms in total. The zero-order valence-electron chi connectivity index (χ0n) is 10.9. The Morgan fingerprint density at radius 1 is 1.29 bits per heavy atom. The molecule has 1 aromatic rings. The fourth-order valence-electron chi connectivity index (χ4n) is 1.72. The molecule has 2 unspecified atom stereocenters. The number of benzene rings is 1. The third-order valence-corrected chi connectivity index (χ3v) is 2.97. The quantitative estimate of drug-likeness (QED) is 0.847. The Morgan fingerprint density at radius 3 is 2.41 bits per heavy atom. The maximum atomic E-state index is 12.1. The molecular weight excluding hydrogens is 212 g/mol. The smallest absolute Gasteiger partial charge is 0.229 e. The van der Waals surface area contributed by atoms with E-state index in [0.717, 1.165) is 12.0 Å². The van der Waals surface area contributed by atoms with Crippen LogP contribution in [0.1, 0.15) is 31.7 Å². The van der Waals surface area contributed by atoms with Crippen LogP contribution in [-0.2, 0) is 4.79 Å². The van der Waals surface area contributed by atoms with Crippen LogP contribution in [0.25, 0.3) is 0 Å². The van der Waals surface area contributed by atoms with E-state index in [1.54, 1.807) is 4.90 Å². The zero-order valence-corrected chi connectivity index (χ0v) is 10.9. The highest BCUT2D eigenvalue weighted by Gasteiger charge is 2.18. The van der Waals surface area contributed by atoms with E-state index in [-0.39, 0.29) is 17.9 Å². The second-order valence-corrected chi connectivity index (χ2v) is 4.66. The number of nitrogens with zero attached hydrogens (tertiary/aromatic N) is 1. The van der Waals surface area contributed by atoms with Crippen molar-refractivity contribution in [3.05, 3.63) is 35.9 Å². The zero-order chi connectivity index (χ0) is 12.8. The van der Waals surface area contributed by atoms with E-state index in [4.69, 9.17) is 5.73 Å². The Labute approximate surface area is 104 Å². The Balaban J connectivity index is 2.57. The van der Waals surface area contributed by atoms with Crippen LogP contribution in [0.4, 0.5) is 0 Å². The summed E-state index contributed by atoms with van der Waals surface area (Å²) in [6.07, 6.45) is 0.837. The Bertz CT molecular complexity index is 348. The van der Waals surface area contributed by atoms with Gasteiger partial charge in [0.05, 0.1) is 5.92 Å². The first kappa shape index (κ1) is 13.7. The molecule has 0 aliphatic carbocycles. The standard InChI is InChI=1S/C14H22N2O/c1-11(15)9-10-16(3)14(17)12(2)13-7-5-4-6-8-13/h4-8,11-12H,9-10,15H2,1-3H3. The summed E-state index contributed by atoms with van der Waals surface area (Å²) in [7, 11) is 1.84. The van der Waals surface area contributed by atoms with Crippen molar-refractivity contribution < 1.29 is 4.79 Å². The van der Waals surface area contributed by atoms with E-state index >= 15 is 0 Å². The average molecular weight is 234 g/mol. The van der Waals surface area contributed by atoms with Crippen molar-refractivity contribution in [1.82, 2.24) is 4.90 Å². The highest BCUT2D eigenvalue weighted by molar-refractivity contribution is 5.83. The molecule has 0 saturated carbocycles. The van der Waals surface area contributed by atoms with Crippen LogP contribution in [0, 0.1) is 0 Å². The van der Waals surface area contributed by atoms with Gasteiger partial charge in [-0.2, -0.15) is 0 Å². The molecular formula is C14H22N2O. The molecule has 0 aliphatic heterocycles. The number of carbonyl (C=O) groups excluding carboxylic acids is 1. The van der Waals surface area contributed by atoms with E-state index in [1.807, 2.05) is 51.2 Å². The Morgan fingerprint density at radius 2 is 1.88 bits per heavy atom. The fourth-order valence-corrected chi connectivity index (χ4v) is 1.72. The summed E-state index contributed by atoms with van der Waals surface area (Å²) in [5, 5.41) is 0. The molecule has 0 spiro atoms. The number of hydrogen-bond donors (Lipinski definition) is 1. The first-order valence-electron chi connectivity index (χ1n) is 6.08. The van der Waals surface area contributed by atoms with Gasteiger partial charge >= 0.3 is 0 Å². The lowest BCUT2D eigenvalue weighted by Crippen LogP contribution is -2.34. The summed E-state index contributed by atoms with van der Waals surface area (Å²) in [6, 6.07) is 9.99. The Kier molecular flexibility index (Phi) is 5.16. The van der Waals surface area contributed by atoms with E-state index < -0.39 is 0 Å². The summed E-state index contributed by atoms with van der Waals surface area (Å²) in [5.41, 5.74) is 6.75. The van der Waals surface area contributed by atoms with Gasteiger partial charge in [0.15, 0.2) is 0 Å². The number of amides is 1. The lowest BCUT2D eigenvalue weighted by Gasteiger charge is -2.22. The molecule has 2 N–H and O–H groups in total. The molecule has 0 heterocycles. The number of likely N-dealkylation sites (N-methyl/N-ethyl adjacent to an activating group) is 1. The second kappa shape index (κ2) is 6.40. The predicted molar refractivity (Wildman–Crippen MR) is 70.8 cm³/mol. The van der Waals surface area contributed by atoms with Crippen molar-refractivity contribution in [2.45, 2.75) is 32.2 Å². The van der Waals surface area contributed by atoms with Gasteiger partial charge in [-0.3, -0.25) is 4.79 Å². The molecule has 3 heteroatoms. The molecule has 94 valence electrons. The van der Waals surface area contributed by atoms with Crippen molar-refractivity contribution in [1.29, 1.82) is 0 Å². The van der Waals surface area contributed by atoms with Gasteiger partial charge in [-0.15, -0.1) is 0 Å². The van der Waals surface area contributed by atoms with Gasteiger partial charge in [-0.05, 0) is 25.8 Å². The van der Waals surface area contributed by atoms with Gasteiger partial charge in [0, 0.05) is 19.6 Å². The molecule has 0 fully saturated rings. The molecule has 1 rings (SSSR count). The van der Waals surface area contributed by atoms with Gasteiger partial charge < -0.3 is 10.6 Å². The molecule has 0 bridgehead atoms. The molecule has 0 radical (unpaired) electrons. The molecule has 0 aliphatic rings. The molecule has 1 amide bonds. The van der Waals surface area contributed by atoms with Crippen LogP contribution in [0.15, 0.2) is 30.3 Å².